The van der Waals surface area contributed by atoms with Crippen LogP contribution in [0.1, 0.15) is 35.6 Å². The topological polar surface area (TPSA) is 58.2 Å². The lowest BCUT2D eigenvalue weighted by Crippen LogP contribution is -2.33. The Hall–Kier alpha value is -2.73. The predicted molar refractivity (Wildman–Crippen MR) is 100 cm³/mol. The zero-order valence-corrected chi connectivity index (χ0v) is 15.3. The summed E-state index contributed by atoms with van der Waals surface area (Å²) in [5.41, 5.74) is 2.65. The lowest BCUT2D eigenvalue weighted by atomic mass is 9.96. The van der Waals surface area contributed by atoms with Crippen LogP contribution in [0.25, 0.3) is 0 Å². The molecular formula is C20H15BrN2O3. The van der Waals surface area contributed by atoms with E-state index in [1.807, 2.05) is 47.5 Å². The fourth-order valence-electron chi connectivity index (χ4n) is 3.56. The van der Waals surface area contributed by atoms with Gasteiger partial charge in [0.1, 0.15) is 11.5 Å². The molecule has 0 aliphatic carbocycles. The van der Waals surface area contributed by atoms with E-state index >= 15 is 0 Å². The first-order chi connectivity index (χ1) is 12.7. The third-order valence-electron chi connectivity index (χ3n) is 4.75. The van der Waals surface area contributed by atoms with Gasteiger partial charge in [0.2, 0.25) is 6.23 Å². The molecule has 3 aromatic rings. The molecule has 0 saturated carbocycles. The van der Waals surface area contributed by atoms with Crippen molar-refractivity contribution >= 4 is 21.6 Å². The van der Waals surface area contributed by atoms with Crippen molar-refractivity contribution in [1.82, 2.24) is 5.01 Å². The molecule has 0 amide bonds. The summed E-state index contributed by atoms with van der Waals surface area (Å²) in [6, 6.07) is 17.0. The summed E-state index contributed by atoms with van der Waals surface area (Å²) < 4.78 is 12.8. The minimum absolute atomic E-state index is 0.0148. The van der Waals surface area contributed by atoms with Crippen LogP contribution in [0.2, 0.25) is 0 Å². The summed E-state index contributed by atoms with van der Waals surface area (Å²) in [6.07, 6.45) is 1.88. The van der Waals surface area contributed by atoms with Crippen molar-refractivity contribution in [3.8, 4) is 11.5 Å². The number of nitrogens with zero attached hydrogens (tertiary/aromatic N) is 2. The van der Waals surface area contributed by atoms with Gasteiger partial charge in [0, 0.05) is 22.0 Å². The standard InChI is InChI=1S/C20H15BrN2O3/c21-12-7-8-18-14(10-12)16-11-15(13-4-1-2-5-17(13)24)22-23(16)20(26-18)19-6-3-9-25-19/h1-10,16,20,24H,11H2/t16-,20-/m1/s1. The molecule has 0 bridgehead atoms. The quantitative estimate of drug-likeness (QED) is 0.646. The zero-order valence-electron chi connectivity index (χ0n) is 13.7. The van der Waals surface area contributed by atoms with Crippen LogP contribution in [-0.4, -0.2) is 15.8 Å². The van der Waals surface area contributed by atoms with Gasteiger partial charge >= 0.3 is 0 Å². The van der Waals surface area contributed by atoms with E-state index in [4.69, 9.17) is 14.3 Å². The number of phenolic OH excluding ortho intramolecular Hbond substituents is 1. The number of fused-ring (bicyclic) bond motifs is 3. The van der Waals surface area contributed by atoms with E-state index in [1.54, 1.807) is 12.3 Å². The molecule has 5 nitrogen and oxygen atoms in total. The highest BCUT2D eigenvalue weighted by molar-refractivity contribution is 9.10. The first kappa shape index (κ1) is 15.5. The predicted octanol–water partition coefficient (Wildman–Crippen LogP) is 4.99. The molecule has 0 fully saturated rings. The number of benzene rings is 2. The highest BCUT2D eigenvalue weighted by Gasteiger charge is 2.42. The molecule has 3 heterocycles. The number of halogens is 1. The molecule has 26 heavy (non-hydrogen) atoms. The highest BCUT2D eigenvalue weighted by Crippen LogP contribution is 2.48. The van der Waals surface area contributed by atoms with Gasteiger partial charge in [0.15, 0.2) is 5.76 Å². The molecule has 6 heteroatoms. The monoisotopic (exact) mass is 410 g/mol. The zero-order chi connectivity index (χ0) is 17.7. The molecule has 2 aliphatic rings. The molecular weight excluding hydrogens is 396 g/mol. The molecule has 130 valence electrons. The Kier molecular flexibility index (Phi) is 3.53. The van der Waals surface area contributed by atoms with Crippen LogP contribution >= 0.6 is 15.9 Å². The molecule has 2 atom stereocenters. The van der Waals surface area contributed by atoms with Crippen LogP contribution in [-0.2, 0) is 0 Å². The lowest BCUT2D eigenvalue weighted by molar-refractivity contribution is -0.0325. The second kappa shape index (κ2) is 5.92. The van der Waals surface area contributed by atoms with Crippen molar-refractivity contribution in [2.24, 2.45) is 5.10 Å². The molecule has 0 radical (unpaired) electrons. The number of phenols is 1. The Balaban J connectivity index is 1.62. The average molecular weight is 411 g/mol. The van der Waals surface area contributed by atoms with Gasteiger partial charge in [-0.1, -0.05) is 28.1 Å². The first-order valence-corrected chi connectivity index (χ1v) is 9.14. The van der Waals surface area contributed by atoms with Crippen molar-refractivity contribution in [2.45, 2.75) is 18.7 Å². The van der Waals surface area contributed by atoms with E-state index in [2.05, 4.69) is 22.0 Å². The first-order valence-electron chi connectivity index (χ1n) is 8.34. The Morgan fingerprint density at radius 1 is 1.12 bits per heavy atom. The van der Waals surface area contributed by atoms with Crippen LogP contribution in [0, 0.1) is 0 Å². The van der Waals surface area contributed by atoms with Crippen molar-refractivity contribution in [3.05, 3.63) is 82.2 Å². The number of hydrogen-bond acceptors (Lipinski definition) is 5. The maximum atomic E-state index is 10.2. The number of hydrogen-bond donors (Lipinski definition) is 1. The Morgan fingerprint density at radius 2 is 2.00 bits per heavy atom. The number of ether oxygens (including phenoxy) is 1. The van der Waals surface area contributed by atoms with E-state index in [9.17, 15) is 5.11 Å². The number of furan rings is 1. The van der Waals surface area contributed by atoms with Gasteiger partial charge in [-0.3, -0.25) is 0 Å². The van der Waals surface area contributed by atoms with Gasteiger partial charge in [-0.2, -0.15) is 5.10 Å². The number of aromatic hydroxyl groups is 1. The van der Waals surface area contributed by atoms with Gasteiger partial charge in [0.05, 0.1) is 18.0 Å². The van der Waals surface area contributed by atoms with Gasteiger partial charge in [-0.05, 0) is 42.5 Å². The van der Waals surface area contributed by atoms with E-state index < -0.39 is 6.23 Å². The summed E-state index contributed by atoms with van der Waals surface area (Å²) in [5, 5.41) is 17.0. The van der Waals surface area contributed by atoms with E-state index in [0.717, 1.165) is 27.1 Å². The van der Waals surface area contributed by atoms with Crippen molar-refractivity contribution in [1.29, 1.82) is 0 Å². The summed E-state index contributed by atoms with van der Waals surface area (Å²) in [5.74, 6) is 1.76. The maximum Gasteiger partial charge on any atom is 0.246 e. The third kappa shape index (κ3) is 2.41. The Morgan fingerprint density at radius 3 is 2.81 bits per heavy atom. The normalized spacial score (nSPS) is 21.0. The minimum atomic E-state index is -0.438. The molecule has 1 N–H and O–H groups in total. The summed E-state index contributed by atoms with van der Waals surface area (Å²) in [6.45, 7) is 0. The average Bonchev–Trinajstić information content (AvgIpc) is 3.32. The van der Waals surface area contributed by atoms with Crippen LogP contribution in [0.4, 0.5) is 0 Å². The van der Waals surface area contributed by atoms with E-state index in [0.29, 0.717) is 12.2 Å². The van der Waals surface area contributed by atoms with Crippen molar-refractivity contribution in [2.75, 3.05) is 0 Å². The number of para-hydroxylation sites is 1. The van der Waals surface area contributed by atoms with E-state index in [1.165, 1.54) is 0 Å². The fraction of sp³-hybridized carbons (Fsp3) is 0.150. The molecule has 2 aliphatic heterocycles. The highest BCUT2D eigenvalue weighted by atomic mass is 79.9. The SMILES string of the molecule is Oc1ccccc1C1=NN2[C@H](C1)c1cc(Br)ccc1O[C@@H]2c1ccco1. The van der Waals surface area contributed by atoms with Crippen LogP contribution < -0.4 is 4.74 Å². The summed E-state index contributed by atoms with van der Waals surface area (Å²) in [4.78, 5) is 0. The second-order valence-electron chi connectivity index (χ2n) is 6.33. The van der Waals surface area contributed by atoms with Gasteiger partial charge in [-0.15, -0.1) is 0 Å². The van der Waals surface area contributed by atoms with Gasteiger partial charge < -0.3 is 14.3 Å². The van der Waals surface area contributed by atoms with Crippen LogP contribution in [0.15, 0.2) is 74.9 Å². The summed E-state index contributed by atoms with van der Waals surface area (Å²) in [7, 11) is 0. The Labute approximate surface area is 158 Å². The molecule has 0 spiro atoms. The maximum absolute atomic E-state index is 10.2. The van der Waals surface area contributed by atoms with Gasteiger partial charge in [-0.25, -0.2) is 5.01 Å². The van der Waals surface area contributed by atoms with Crippen LogP contribution in [0.5, 0.6) is 11.5 Å². The van der Waals surface area contributed by atoms with Crippen molar-refractivity contribution < 1.29 is 14.3 Å². The Bertz CT molecular complexity index is 1000. The summed E-state index contributed by atoms with van der Waals surface area (Å²) >= 11 is 3.54. The number of hydrazone groups is 1. The largest absolute Gasteiger partial charge is 0.507 e. The fourth-order valence-corrected chi connectivity index (χ4v) is 3.94. The molecule has 2 aromatic carbocycles. The number of rotatable bonds is 2. The molecule has 0 unspecified atom stereocenters. The van der Waals surface area contributed by atoms with Crippen molar-refractivity contribution in [3.63, 3.8) is 0 Å². The van der Waals surface area contributed by atoms with E-state index in [-0.39, 0.29) is 11.8 Å². The smallest absolute Gasteiger partial charge is 0.246 e. The van der Waals surface area contributed by atoms with Gasteiger partial charge in [0.25, 0.3) is 0 Å². The molecule has 5 rings (SSSR count). The molecule has 1 aromatic heterocycles. The second-order valence-corrected chi connectivity index (χ2v) is 7.25. The lowest BCUT2D eigenvalue weighted by Gasteiger charge is -2.37. The third-order valence-corrected chi connectivity index (χ3v) is 5.25. The molecule has 0 saturated heterocycles. The van der Waals surface area contributed by atoms with Crippen LogP contribution in [0.3, 0.4) is 0 Å². The minimum Gasteiger partial charge on any atom is -0.507 e.